The summed E-state index contributed by atoms with van der Waals surface area (Å²) in [6.45, 7) is 0. The molecule has 1 N–H and O–H groups in total. The first-order valence-corrected chi connectivity index (χ1v) is 7.06. The molecule has 3 rings (SSSR count). The van der Waals surface area contributed by atoms with Crippen molar-refractivity contribution in [1.82, 2.24) is 0 Å². The molecular formula is C18H17NO3. The number of aromatic hydroxyl groups is 1. The van der Waals surface area contributed by atoms with Crippen LogP contribution >= 0.6 is 0 Å². The van der Waals surface area contributed by atoms with E-state index in [1.54, 1.807) is 12.1 Å². The van der Waals surface area contributed by atoms with Gasteiger partial charge in [0.05, 0.1) is 10.9 Å². The highest BCUT2D eigenvalue weighted by molar-refractivity contribution is 5.87. The first-order valence-electron chi connectivity index (χ1n) is 7.06. The number of fused-ring (bicyclic) bond motifs is 1. The van der Waals surface area contributed by atoms with E-state index in [1.807, 2.05) is 55.4 Å². The van der Waals surface area contributed by atoms with Crippen LogP contribution in [0, 0.1) is 0 Å². The first kappa shape index (κ1) is 14.2. The number of nitrogens with zero attached hydrogens (tertiary/aromatic N) is 1. The van der Waals surface area contributed by atoms with Crippen LogP contribution in [0.4, 0.5) is 5.69 Å². The van der Waals surface area contributed by atoms with E-state index < -0.39 is 5.63 Å². The Morgan fingerprint density at radius 3 is 2.50 bits per heavy atom. The molecule has 4 heteroatoms. The summed E-state index contributed by atoms with van der Waals surface area (Å²) in [5.41, 5.74) is 2.05. The number of hydrogen-bond donors (Lipinski definition) is 1. The lowest BCUT2D eigenvalue weighted by atomic mass is 10.0. The molecule has 0 radical (unpaired) electrons. The van der Waals surface area contributed by atoms with Crippen molar-refractivity contribution in [2.45, 2.75) is 6.42 Å². The minimum Gasteiger partial charge on any atom is -0.507 e. The molecule has 0 fully saturated rings. The Morgan fingerprint density at radius 2 is 1.82 bits per heavy atom. The molecule has 0 aliphatic heterocycles. The molecule has 0 saturated heterocycles. The summed E-state index contributed by atoms with van der Waals surface area (Å²) in [5.74, 6) is 0.000379. The lowest BCUT2D eigenvalue weighted by Gasteiger charge is -2.13. The summed E-state index contributed by atoms with van der Waals surface area (Å²) in [6.07, 6.45) is 0.348. The Morgan fingerprint density at radius 1 is 1.09 bits per heavy atom. The third-order valence-electron chi connectivity index (χ3n) is 3.70. The van der Waals surface area contributed by atoms with Gasteiger partial charge in [-0.25, -0.2) is 4.79 Å². The zero-order valence-corrected chi connectivity index (χ0v) is 12.5. The summed E-state index contributed by atoms with van der Waals surface area (Å²) >= 11 is 0. The Bertz CT molecular complexity index is 867. The molecule has 4 nitrogen and oxygen atoms in total. The fourth-order valence-corrected chi connectivity index (χ4v) is 2.45. The zero-order valence-electron chi connectivity index (χ0n) is 12.5. The van der Waals surface area contributed by atoms with Crippen LogP contribution in [0.5, 0.6) is 5.75 Å². The zero-order chi connectivity index (χ0) is 15.7. The average molecular weight is 295 g/mol. The normalized spacial score (nSPS) is 10.8. The average Bonchev–Trinajstić information content (AvgIpc) is 2.52. The molecular weight excluding hydrogens is 278 g/mol. The van der Waals surface area contributed by atoms with Gasteiger partial charge in [-0.15, -0.1) is 0 Å². The molecule has 0 saturated carbocycles. The van der Waals surface area contributed by atoms with Gasteiger partial charge in [-0.1, -0.05) is 30.3 Å². The Hall–Kier alpha value is -2.75. The quantitative estimate of drug-likeness (QED) is 0.754. The SMILES string of the molecule is CN(C)c1ccc2c(O)c(Cc3ccccc3)c(=O)oc2c1. The second kappa shape index (κ2) is 5.56. The third kappa shape index (κ3) is 2.55. The first-order chi connectivity index (χ1) is 10.6. The van der Waals surface area contributed by atoms with Gasteiger partial charge in [0, 0.05) is 32.3 Å². The van der Waals surface area contributed by atoms with Gasteiger partial charge in [-0.3, -0.25) is 0 Å². The van der Waals surface area contributed by atoms with E-state index in [-0.39, 0.29) is 11.3 Å². The lowest BCUT2D eigenvalue weighted by Crippen LogP contribution is -2.10. The number of hydrogen-bond acceptors (Lipinski definition) is 4. The van der Waals surface area contributed by atoms with Gasteiger partial charge in [0.15, 0.2) is 0 Å². The third-order valence-corrected chi connectivity index (χ3v) is 3.70. The molecule has 2 aromatic carbocycles. The van der Waals surface area contributed by atoms with Gasteiger partial charge in [0.25, 0.3) is 0 Å². The molecule has 0 atom stereocenters. The van der Waals surface area contributed by atoms with Crippen LogP contribution in [-0.2, 0) is 6.42 Å². The van der Waals surface area contributed by atoms with Crippen molar-refractivity contribution in [3.8, 4) is 5.75 Å². The molecule has 1 heterocycles. The van der Waals surface area contributed by atoms with E-state index in [0.717, 1.165) is 11.3 Å². The maximum Gasteiger partial charge on any atom is 0.343 e. The molecule has 22 heavy (non-hydrogen) atoms. The van der Waals surface area contributed by atoms with Crippen molar-refractivity contribution < 1.29 is 9.52 Å². The molecule has 0 unspecified atom stereocenters. The van der Waals surface area contributed by atoms with E-state index in [9.17, 15) is 9.90 Å². The van der Waals surface area contributed by atoms with Gasteiger partial charge < -0.3 is 14.4 Å². The van der Waals surface area contributed by atoms with Crippen molar-refractivity contribution >= 4 is 16.7 Å². The molecule has 3 aromatic rings. The maximum atomic E-state index is 12.2. The van der Waals surface area contributed by atoms with Gasteiger partial charge in [-0.05, 0) is 17.7 Å². The summed E-state index contributed by atoms with van der Waals surface area (Å²) in [7, 11) is 3.81. The molecule has 0 bridgehead atoms. The maximum absolute atomic E-state index is 12.2. The largest absolute Gasteiger partial charge is 0.507 e. The standard InChI is InChI=1S/C18H17NO3/c1-19(2)13-8-9-14-16(11-13)22-18(21)15(17(14)20)10-12-6-4-3-5-7-12/h3-9,11,20H,10H2,1-2H3. The van der Waals surface area contributed by atoms with E-state index in [1.165, 1.54) is 0 Å². The van der Waals surface area contributed by atoms with Crippen molar-refractivity contribution in [2.75, 3.05) is 19.0 Å². The monoisotopic (exact) mass is 295 g/mol. The van der Waals surface area contributed by atoms with Crippen LogP contribution < -0.4 is 10.5 Å². The minimum absolute atomic E-state index is 0.000379. The Kier molecular flexibility index (Phi) is 3.59. The van der Waals surface area contributed by atoms with Crippen molar-refractivity contribution in [3.05, 3.63) is 70.1 Å². The highest BCUT2D eigenvalue weighted by Gasteiger charge is 2.15. The fraction of sp³-hybridized carbons (Fsp3) is 0.167. The Balaban J connectivity index is 2.13. The van der Waals surface area contributed by atoms with E-state index in [2.05, 4.69) is 0 Å². The van der Waals surface area contributed by atoms with Crippen LogP contribution in [0.2, 0.25) is 0 Å². The van der Waals surface area contributed by atoms with Gasteiger partial charge in [0.1, 0.15) is 11.3 Å². The number of benzene rings is 2. The van der Waals surface area contributed by atoms with Crippen LogP contribution in [-0.4, -0.2) is 19.2 Å². The van der Waals surface area contributed by atoms with Gasteiger partial charge in [-0.2, -0.15) is 0 Å². The van der Waals surface area contributed by atoms with Crippen molar-refractivity contribution in [2.24, 2.45) is 0 Å². The van der Waals surface area contributed by atoms with Crippen molar-refractivity contribution in [1.29, 1.82) is 0 Å². The van der Waals surface area contributed by atoms with Gasteiger partial charge >= 0.3 is 5.63 Å². The van der Waals surface area contributed by atoms with E-state index >= 15 is 0 Å². The molecule has 0 spiro atoms. The summed E-state index contributed by atoms with van der Waals surface area (Å²) < 4.78 is 5.39. The molecule has 0 aliphatic rings. The highest BCUT2D eigenvalue weighted by Crippen LogP contribution is 2.30. The smallest absolute Gasteiger partial charge is 0.343 e. The lowest BCUT2D eigenvalue weighted by molar-refractivity contribution is 0.459. The predicted octanol–water partition coefficient (Wildman–Crippen LogP) is 3.16. The Labute approximate surface area is 128 Å². The number of rotatable bonds is 3. The molecule has 0 aliphatic carbocycles. The second-order valence-electron chi connectivity index (χ2n) is 5.45. The summed E-state index contributed by atoms with van der Waals surface area (Å²) in [6, 6.07) is 15.0. The second-order valence-corrected chi connectivity index (χ2v) is 5.45. The molecule has 0 amide bonds. The van der Waals surface area contributed by atoms with Gasteiger partial charge in [0.2, 0.25) is 0 Å². The predicted molar refractivity (Wildman–Crippen MR) is 87.7 cm³/mol. The minimum atomic E-state index is -0.496. The highest BCUT2D eigenvalue weighted by atomic mass is 16.4. The van der Waals surface area contributed by atoms with E-state index in [4.69, 9.17) is 4.42 Å². The van der Waals surface area contributed by atoms with Crippen LogP contribution in [0.1, 0.15) is 11.1 Å². The summed E-state index contributed by atoms with van der Waals surface area (Å²) in [4.78, 5) is 14.1. The summed E-state index contributed by atoms with van der Waals surface area (Å²) in [5, 5.41) is 11.0. The van der Waals surface area contributed by atoms with Crippen LogP contribution in [0.3, 0.4) is 0 Å². The number of anilines is 1. The van der Waals surface area contributed by atoms with Crippen LogP contribution in [0.25, 0.3) is 11.0 Å². The molecule has 112 valence electrons. The van der Waals surface area contributed by atoms with Crippen molar-refractivity contribution in [3.63, 3.8) is 0 Å². The topological polar surface area (TPSA) is 53.7 Å². The van der Waals surface area contributed by atoms with Crippen LogP contribution in [0.15, 0.2) is 57.7 Å². The van der Waals surface area contributed by atoms with E-state index in [0.29, 0.717) is 17.4 Å². The molecule has 1 aromatic heterocycles. The fourth-order valence-electron chi connectivity index (χ4n) is 2.45.